The lowest BCUT2D eigenvalue weighted by Gasteiger charge is -2.25. The van der Waals surface area contributed by atoms with Gasteiger partial charge in [0.2, 0.25) is 5.91 Å². The van der Waals surface area contributed by atoms with Crippen molar-refractivity contribution in [2.24, 2.45) is 5.73 Å². The molecule has 4 heteroatoms. The van der Waals surface area contributed by atoms with Gasteiger partial charge in [0.05, 0.1) is 6.54 Å². The van der Waals surface area contributed by atoms with Gasteiger partial charge in [-0.15, -0.1) is 0 Å². The number of carbonyl (C=O) groups excluding carboxylic acids is 1. The van der Waals surface area contributed by atoms with Crippen molar-refractivity contribution < 1.29 is 4.79 Å². The van der Waals surface area contributed by atoms with E-state index in [1.807, 2.05) is 30.8 Å². The van der Waals surface area contributed by atoms with Gasteiger partial charge in [-0.05, 0) is 26.8 Å². The third kappa shape index (κ3) is 2.96. The molecule has 1 amide bonds. The van der Waals surface area contributed by atoms with E-state index in [1.54, 1.807) is 0 Å². The second kappa shape index (κ2) is 4.75. The van der Waals surface area contributed by atoms with Crippen LogP contribution in [0.1, 0.15) is 19.8 Å². The van der Waals surface area contributed by atoms with Crippen LogP contribution in [0.3, 0.4) is 0 Å². The highest BCUT2D eigenvalue weighted by atomic mass is 16.2. The maximum atomic E-state index is 11.7. The molecule has 1 rings (SSSR count). The number of likely N-dealkylation sites (N-methyl/N-ethyl adjacent to an activating group) is 2. The zero-order valence-corrected chi connectivity index (χ0v) is 9.36. The molecule has 1 aliphatic carbocycles. The van der Waals surface area contributed by atoms with Gasteiger partial charge in [0.15, 0.2) is 0 Å². The zero-order valence-electron chi connectivity index (χ0n) is 9.36. The number of hydrogen-bond donors (Lipinski definition) is 1. The van der Waals surface area contributed by atoms with Crippen LogP contribution in [0.15, 0.2) is 0 Å². The monoisotopic (exact) mass is 199 g/mol. The number of nitrogens with two attached hydrogens (primary N) is 1. The van der Waals surface area contributed by atoms with Gasteiger partial charge < -0.3 is 10.6 Å². The van der Waals surface area contributed by atoms with E-state index in [4.69, 9.17) is 5.73 Å². The highest BCUT2D eigenvalue weighted by molar-refractivity contribution is 5.78. The molecule has 1 fully saturated rings. The molecule has 1 unspecified atom stereocenters. The standard InChI is InChI=1S/C10H21N3O/c1-8(6-11)12(2)7-10(14)13(3)9-4-5-9/h8-9H,4-7,11H2,1-3H3. The maximum Gasteiger partial charge on any atom is 0.236 e. The first-order chi connectivity index (χ1) is 6.56. The fraction of sp³-hybridized carbons (Fsp3) is 0.900. The summed E-state index contributed by atoms with van der Waals surface area (Å²) in [5, 5.41) is 0. The Bertz CT molecular complexity index is 204. The molecule has 0 bridgehead atoms. The molecule has 0 aromatic heterocycles. The number of hydrogen-bond acceptors (Lipinski definition) is 3. The Balaban J connectivity index is 2.31. The van der Waals surface area contributed by atoms with Crippen LogP contribution in [-0.4, -0.2) is 55.0 Å². The molecule has 0 aliphatic heterocycles. The highest BCUT2D eigenvalue weighted by Gasteiger charge is 2.29. The summed E-state index contributed by atoms with van der Waals surface area (Å²) in [5.41, 5.74) is 5.53. The number of nitrogens with zero attached hydrogens (tertiary/aromatic N) is 2. The Kier molecular flexibility index (Phi) is 3.89. The topological polar surface area (TPSA) is 49.6 Å². The summed E-state index contributed by atoms with van der Waals surface area (Å²) in [4.78, 5) is 15.6. The molecule has 0 radical (unpaired) electrons. The zero-order chi connectivity index (χ0) is 10.7. The van der Waals surface area contributed by atoms with E-state index in [-0.39, 0.29) is 11.9 Å². The molecule has 14 heavy (non-hydrogen) atoms. The SMILES string of the molecule is CC(CN)N(C)CC(=O)N(C)C1CC1. The van der Waals surface area contributed by atoms with Crippen LogP contribution in [0, 0.1) is 0 Å². The lowest BCUT2D eigenvalue weighted by atomic mass is 10.3. The normalized spacial score (nSPS) is 18.4. The number of carbonyl (C=O) groups is 1. The molecule has 82 valence electrons. The Morgan fingerprint density at radius 1 is 1.50 bits per heavy atom. The van der Waals surface area contributed by atoms with Crippen LogP contribution in [-0.2, 0) is 4.79 Å². The van der Waals surface area contributed by atoms with Gasteiger partial charge in [0.25, 0.3) is 0 Å². The summed E-state index contributed by atoms with van der Waals surface area (Å²) in [6.45, 7) is 3.10. The van der Waals surface area contributed by atoms with Crippen LogP contribution < -0.4 is 5.73 Å². The van der Waals surface area contributed by atoms with Crippen LogP contribution >= 0.6 is 0 Å². The van der Waals surface area contributed by atoms with Crippen molar-refractivity contribution in [1.82, 2.24) is 9.80 Å². The largest absolute Gasteiger partial charge is 0.342 e. The summed E-state index contributed by atoms with van der Waals surface area (Å²) in [5.74, 6) is 0.204. The average Bonchev–Trinajstić information content (AvgIpc) is 2.98. The van der Waals surface area contributed by atoms with Crippen molar-refractivity contribution in [3.63, 3.8) is 0 Å². The lowest BCUT2D eigenvalue weighted by molar-refractivity contribution is -0.131. The third-order valence-electron chi connectivity index (χ3n) is 2.97. The van der Waals surface area contributed by atoms with E-state index < -0.39 is 0 Å². The van der Waals surface area contributed by atoms with E-state index in [0.717, 1.165) is 0 Å². The van der Waals surface area contributed by atoms with E-state index in [0.29, 0.717) is 19.1 Å². The number of rotatable bonds is 5. The molecule has 0 aromatic carbocycles. The van der Waals surface area contributed by atoms with E-state index in [9.17, 15) is 4.79 Å². The Morgan fingerprint density at radius 3 is 2.50 bits per heavy atom. The number of amides is 1. The van der Waals surface area contributed by atoms with Gasteiger partial charge in [-0.2, -0.15) is 0 Å². The second-order valence-electron chi connectivity index (χ2n) is 4.24. The van der Waals surface area contributed by atoms with Crippen LogP contribution in [0.5, 0.6) is 0 Å². The van der Waals surface area contributed by atoms with E-state index in [1.165, 1.54) is 12.8 Å². The molecule has 0 spiro atoms. The van der Waals surface area contributed by atoms with Crippen molar-refractivity contribution >= 4 is 5.91 Å². The van der Waals surface area contributed by atoms with Crippen LogP contribution in [0.4, 0.5) is 0 Å². The molecule has 0 heterocycles. The van der Waals surface area contributed by atoms with Crippen molar-refractivity contribution in [3.05, 3.63) is 0 Å². The summed E-state index contributed by atoms with van der Waals surface area (Å²) >= 11 is 0. The van der Waals surface area contributed by atoms with Gasteiger partial charge in [-0.25, -0.2) is 0 Å². The first-order valence-corrected chi connectivity index (χ1v) is 5.22. The average molecular weight is 199 g/mol. The van der Waals surface area contributed by atoms with Crippen molar-refractivity contribution in [2.75, 3.05) is 27.2 Å². The molecular formula is C10H21N3O. The smallest absolute Gasteiger partial charge is 0.236 e. The van der Waals surface area contributed by atoms with Gasteiger partial charge in [-0.1, -0.05) is 0 Å². The van der Waals surface area contributed by atoms with E-state index >= 15 is 0 Å². The molecule has 0 saturated heterocycles. The summed E-state index contributed by atoms with van der Waals surface area (Å²) in [6.07, 6.45) is 2.33. The van der Waals surface area contributed by atoms with Crippen molar-refractivity contribution in [2.45, 2.75) is 31.8 Å². The molecular weight excluding hydrogens is 178 g/mol. The molecule has 1 atom stereocenters. The van der Waals surface area contributed by atoms with Crippen molar-refractivity contribution in [3.8, 4) is 0 Å². The Hall–Kier alpha value is -0.610. The first-order valence-electron chi connectivity index (χ1n) is 5.22. The van der Waals surface area contributed by atoms with E-state index in [2.05, 4.69) is 0 Å². The van der Waals surface area contributed by atoms with Crippen LogP contribution in [0.25, 0.3) is 0 Å². The summed E-state index contributed by atoms with van der Waals surface area (Å²) in [6, 6.07) is 0.774. The van der Waals surface area contributed by atoms with Gasteiger partial charge in [0, 0.05) is 25.7 Å². The summed E-state index contributed by atoms with van der Waals surface area (Å²) < 4.78 is 0. The molecule has 1 aliphatic rings. The first kappa shape index (κ1) is 11.5. The molecule has 1 saturated carbocycles. The van der Waals surface area contributed by atoms with Gasteiger partial charge >= 0.3 is 0 Å². The predicted octanol–water partition coefficient (Wildman–Crippen LogP) is -0.114. The van der Waals surface area contributed by atoms with Crippen LogP contribution in [0.2, 0.25) is 0 Å². The second-order valence-corrected chi connectivity index (χ2v) is 4.24. The fourth-order valence-electron chi connectivity index (χ4n) is 1.33. The van der Waals surface area contributed by atoms with Gasteiger partial charge in [-0.3, -0.25) is 9.69 Å². The fourth-order valence-corrected chi connectivity index (χ4v) is 1.33. The van der Waals surface area contributed by atoms with Crippen molar-refractivity contribution in [1.29, 1.82) is 0 Å². The minimum Gasteiger partial charge on any atom is -0.342 e. The predicted molar refractivity (Wildman–Crippen MR) is 56.9 cm³/mol. The van der Waals surface area contributed by atoms with Gasteiger partial charge in [0.1, 0.15) is 0 Å². The molecule has 2 N–H and O–H groups in total. The third-order valence-corrected chi connectivity index (χ3v) is 2.97. The molecule has 4 nitrogen and oxygen atoms in total. The summed E-state index contributed by atoms with van der Waals surface area (Å²) in [7, 11) is 3.83. The molecule has 0 aromatic rings. The minimum atomic E-state index is 0.204. The Morgan fingerprint density at radius 2 is 2.07 bits per heavy atom. The quantitative estimate of drug-likeness (QED) is 0.672. The highest BCUT2D eigenvalue weighted by Crippen LogP contribution is 2.25. The maximum absolute atomic E-state index is 11.7. The lowest BCUT2D eigenvalue weighted by Crippen LogP contribution is -2.43. The Labute approximate surface area is 86.0 Å². The minimum absolute atomic E-state index is 0.204.